The molecule has 2 aromatic rings. The van der Waals surface area contributed by atoms with Gasteiger partial charge in [0.2, 0.25) is 0 Å². The summed E-state index contributed by atoms with van der Waals surface area (Å²) in [5.74, 6) is -0.0599. The first-order valence-corrected chi connectivity index (χ1v) is 8.59. The minimum absolute atomic E-state index is 0.330. The Morgan fingerprint density at radius 3 is 2.56 bits per heavy atom. The quantitative estimate of drug-likeness (QED) is 0.757. The van der Waals surface area contributed by atoms with Gasteiger partial charge in [0.15, 0.2) is 11.5 Å². The van der Waals surface area contributed by atoms with Gasteiger partial charge in [0, 0.05) is 12.8 Å². The van der Waals surface area contributed by atoms with Crippen LogP contribution in [-0.2, 0) is 11.3 Å². The van der Waals surface area contributed by atoms with Crippen molar-refractivity contribution in [3.8, 4) is 11.5 Å². The van der Waals surface area contributed by atoms with E-state index in [0.717, 1.165) is 36.8 Å². The molecule has 25 heavy (non-hydrogen) atoms. The standard InChI is InChI=1S/C21H20O4/c1-2-15-8-10-16(11-9-15)14-23-18-7-5-6-17-19(18)24-21(25-20(17)22)12-3-4-13-21/h2,5-11H,1,3-4,12-14H2. The van der Waals surface area contributed by atoms with Gasteiger partial charge < -0.3 is 14.2 Å². The zero-order valence-electron chi connectivity index (χ0n) is 14.0. The molecule has 0 unspecified atom stereocenters. The molecule has 1 aliphatic heterocycles. The summed E-state index contributed by atoms with van der Waals surface area (Å²) >= 11 is 0. The van der Waals surface area contributed by atoms with E-state index in [9.17, 15) is 4.79 Å². The van der Waals surface area contributed by atoms with Crippen LogP contribution in [0.3, 0.4) is 0 Å². The lowest BCUT2D eigenvalue weighted by Gasteiger charge is -2.35. The summed E-state index contributed by atoms with van der Waals surface area (Å²) in [7, 11) is 0. The van der Waals surface area contributed by atoms with Crippen molar-refractivity contribution in [2.45, 2.75) is 38.1 Å². The molecule has 1 heterocycles. The smallest absolute Gasteiger partial charge is 0.345 e. The Kier molecular flexibility index (Phi) is 3.96. The van der Waals surface area contributed by atoms with Crippen molar-refractivity contribution in [1.29, 1.82) is 0 Å². The Labute approximate surface area is 147 Å². The van der Waals surface area contributed by atoms with E-state index in [2.05, 4.69) is 6.58 Å². The Morgan fingerprint density at radius 1 is 1.08 bits per heavy atom. The van der Waals surface area contributed by atoms with Gasteiger partial charge in [-0.15, -0.1) is 0 Å². The summed E-state index contributed by atoms with van der Waals surface area (Å²) < 4.78 is 17.7. The lowest BCUT2D eigenvalue weighted by atomic mass is 10.1. The number of rotatable bonds is 4. The number of benzene rings is 2. The third kappa shape index (κ3) is 3.00. The maximum atomic E-state index is 12.4. The van der Waals surface area contributed by atoms with Crippen LogP contribution in [0.5, 0.6) is 11.5 Å². The van der Waals surface area contributed by atoms with Crippen molar-refractivity contribution in [3.05, 3.63) is 65.7 Å². The van der Waals surface area contributed by atoms with Gasteiger partial charge in [-0.2, -0.15) is 0 Å². The molecule has 4 heteroatoms. The zero-order valence-corrected chi connectivity index (χ0v) is 14.0. The van der Waals surface area contributed by atoms with E-state index < -0.39 is 5.79 Å². The van der Waals surface area contributed by atoms with Crippen molar-refractivity contribution in [1.82, 2.24) is 0 Å². The van der Waals surface area contributed by atoms with Gasteiger partial charge in [-0.1, -0.05) is 43.0 Å². The third-order valence-corrected chi connectivity index (χ3v) is 4.74. The number of carbonyl (C=O) groups is 1. The molecule has 0 radical (unpaired) electrons. The predicted molar refractivity (Wildman–Crippen MR) is 94.5 cm³/mol. The highest BCUT2D eigenvalue weighted by Crippen LogP contribution is 2.45. The molecule has 1 saturated carbocycles. The average Bonchev–Trinajstić information content (AvgIpc) is 3.08. The molecule has 0 atom stereocenters. The SMILES string of the molecule is C=Cc1ccc(COc2cccc3c2OC2(CCCC2)OC3=O)cc1. The third-order valence-electron chi connectivity index (χ3n) is 4.74. The van der Waals surface area contributed by atoms with Gasteiger partial charge >= 0.3 is 5.97 Å². The first-order chi connectivity index (χ1) is 12.2. The second-order valence-corrected chi connectivity index (χ2v) is 6.48. The van der Waals surface area contributed by atoms with Crippen molar-refractivity contribution in [2.24, 2.45) is 0 Å². The number of ether oxygens (including phenoxy) is 3. The zero-order chi connectivity index (χ0) is 17.3. The van der Waals surface area contributed by atoms with E-state index in [-0.39, 0.29) is 5.97 Å². The van der Waals surface area contributed by atoms with E-state index in [4.69, 9.17) is 14.2 Å². The van der Waals surface area contributed by atoms with E-state index in [1.54, 1.807) is 18.2 Å². The second-order valence-electron chi connectivity index (χ2n) is 6.48. The molecule has 4 rings (SSSR count). The fraction of sp³-hybridized carbons (Fsp3) is 0.286. The summed E-state index contributed by atoms with van der Waals surface area (Å²) in [5.41, 5.74) is 2.53. The predicted octanol–water partition coefficient (Wildman–Crippen LogP) is 4.73. The van der Waals surface area contributed by atoms with Gasteiger partial charge in [0.25, 0.3) is 5.79 Å². The van der Waals surface area contributed by atoms with Crippen molar-refractivity contribution < 1.29 is 19.0 Å². The van der Waals surface area contributed by atoms with Crippen LogP contribution in [0.15, 0.2) is 49.0 Å². The van der Waals surface area contributed by atoms with Gasteiger partial charge in [-0.05, 0) is 36.1 Å². The number of hydrogen-bond donors (Lipinski definition) is 0. The number of fused-ring (bicyclic) bond motifs is 1. The lowest BCUT2D eigenvalue weighted by molar-refractivity contribution is -0.149. The van der Waals surface area contributed by atoms with E-state index in [1.807, 2.05) is 30.3 Å². The maximum absolute atomic E-state index is 12.4. The molecule has 4 nitrogen and oxygen atoms in total. The van der Waals surface area contributed by atoms with Crippen LogP contribution in [0.25, 0.3) is 6.08 Å². The molecule has 1 aliphatic carbocycles. The first-order valence-electron chi connectivity index (χ1n) is 8.59. The summed E-state index contributed by atoms with van der Waals surface area (Å²) in [5, 5.41) is 0. The highest BCUT2D eigenvalue weighted by Gasteiger charge is 2.45. The molecular formula is C21H20O4. The normalized spacial score (nSPS) is 17.5. The van der Waals surface area contributed by atoms with E-state index in [1.165, 1.54) is 0 Å². The van der Waals surface area contributed by atoms with Gasteiger partial charge in [0.1, 0.15) is 12.2 Å². The van der Waals surface area contributed by atoms with Gasteiger partial charge in [-0.25, -0.2) is 4.79 Å². The number of esters is 1. The average molecular weight is 336 g/mol. The van der Waals surface area contributed by atoms with Crippen LogP contribution >= 0.6 is 0 Å². The Bertz CT molecular complexity index is 801. The molecule has 1 fully saturated rings. The lowest BCUT2D eigenvalue weighted by Crippen LogP contribution is -2.42. The number of hydrogen-bond acceptors (Lipinski definition) is 4. The minimum atomic E-state index is -0.810. The highest BCUT2D eigenvalue weighted by molar-refractivity contribution is 5.94. The molecule has 0 aromatic heterocycles. The fourth-order valence-corrected chi connectivity index (χ4v) is 3.36. The van der Waals surface area contributed by atoms with Crippen molar-refractivity contribution in [2.75, 3.05) is 0 Å². The van der Waals surface area contributed by atoms with Crippen molar-refractivity contribution in [3.63, 3.8) is 0 Å². The molecular weight excluding hydrogens is 316 g/mol. The molecule has 1 spiro atoms. The van der Waals surface area contributed by atoms with Crippen LogP contribution in [0, 0.1) is 0 Å². The number of carbonyl (C=O) groups excluding carboxylic acids is 1. The van der Waals surface area contributed by atoms with Crippen LogP contribution < -0.4 is 9.47 Å². The summed E-state index contributed by atoms with van der Waals surface area (Å²) in [6.07, 6.45) is 5.27. The second kappa shape index (κ2) is 6.28. The number of para-hydroxylation sites is 1. The summed E-state index contributed by atoms with van der Waals surface area (Å²) in [6.45, 7) is 4.15. The van der Waals surface area contributed by atoms with E-state index in [0.29, 0.717) is 23.7 Å². The van der Waals surface area contributed by atoms with Crippen LogP contribution in [-0.4, -0.2) is 11.8 Å². The molecule has 0 N–H and O–H groups in total. The van der Waals surface area contributed by atoms with Crippen molar-refractivity contribution >= 4 is 12.0 Å². The molecule has 0 bridgehead atoms. The largest absolute Gasteiger partial charge is 0.485 e. The Hall–Kier alpha value is -2.75. The Morgan fingerprint density at radius 2 is 1.84 bits per heavy atom. The topological polar surface area (TPSA) is 44.8 Å². The molecule has 128 valence electrons. The maximum Gasteiger partial charge on any atom is 0.345 e. The highest BCUT2D eigenvalue weighted by atomic mass is 16.7. The molecule has 2 aromatic carbocycles. The van der Waals surface area contributed by atoms with Gasteiger partial charge in [-0.3, -0.25) is 0 Å². The van der Waals surface area contributed by atoms with E-state index >= 15 is 0 Å². The molecule has 2 aliphatic rings. The fourth-order valence-electron chi connectivity index (χ4n) is 3.36. The summed E-state index contributed by atoms with van der Waals surface area (Å²) in [4.78, 5) is 12.4. The summed E-state index contributed by atoms with van der Waals surface area (Å²) in [6, 6.07) is 13.3. The van der Waals surface area contributed by atoms with Gasteiger partial charge in [0.05, 0.1) is 0 Å². The first kappa shape index (κ1) is 15.8. The van der Waals surface area contributed by atoms with Crippen LogP contribution in [0.4, 0.5) is 0 Å². The molecule has 0 amide bonds. The Balaban J connectivity index is 1.57. The van der Waals surface area contributed by atoms with Crippen LogP contribution in [0.1, 0.15) is 47.2 Å². The molecule has 0 saturated heterocycles. The van der Waals surface area contributed by atoms with Crippen LogP contribution in [0.2, 0.25) is 0 Å². The minimum Gasteiger partial charge on any atom is -0.485 e. The monoisotopic (exact) mass is 336 g/mol.